The predicted octanol–water partition coefficient (Wildman–Crippen LogP) is 4.99. The van der Waals surface area contributed by atoms with Crippen LogP contribution in [0.3, 0.4) is 0 Å². The number of benzene rings is 2. The second-order valence-corrected chi connectivity index (χ2v) is 8.27. The molecule has 2 aromatic carbocycles. The van der Waals surface area contributed by atoms with E-state index in [1.165, 1.54) is 18.2 Å². The van der Waals surface area contributed by atoms with Crippen molar-refractivity contribution < 1.29 is 14.5 Å². The van der Waals surface area contributed by atoms with Crippen molar-refractivity contribution in [3.8, 4) is 5.75 Å². The molecule has 1 N–H and O–H groups in total. The third-order valence-corrected chi connectivity index (χ3v) is 5.82. The van der Waals surface area contributed by atoms with Gasteiger partial charge in [-0.05, 0) is 24.3 Å². The van der Waals surface area contributed by atoms with Crippen molar-refractivity contribution in [3.63, 3.8) is 0 Å². The number of anilines is 1. The van der Waals surface area contributed by atoms with E-state index in [9.17, 15) is 14.9 Å². The molecule has 1 amide bonds. The van der Waals surface area contributed by atoms with Gasteiger partial charge in [-0.25, -0.2) is 0 Å². The Morgan fingerprint density at radius 1 is 1.19 bits per heavy atom. The third-order valence-electron chi connectivity index (χ3n) is 3.93. The number of carbonyl (C=O) groups is 1. The van der Waals surface area contributed by atoms with Gasteiger partial charge in [0.2, 0.25) is 5.91 Å². The molecule has 0 saturated carbocycles. The van der Waals surface area contributed by atoms with Crippen LogP contribution in [0.2, 0.25) is 15.1 Å². The summed E-state index contributed by atoms with van der Waals surface area (Å²) < 4.78 is 7.33. The first kappa shape index (κ1) is 23.1. The topological polar surface area (TPSA) is 112 Å². The molecule has 162 valence electrons. The number of carbonyl (C=O) groups excluding carboxylic acids is 1. The highest BCUT2D eigenvalue weighted by molar-refractivity contribution is 7.99. The fraction of sp³-hybridized carbons (Fsp3) is 0.167. The number of halogens is 3. The maximum absolute atomic E-state index is 12.2. The van der Waals surface area contributed by atoms with Gasteiger partial charge in [-0.15, -0.1) is 10.2 Å². The summed E-state index contributed by atoms with van der Waals surface area (Å²) in [7, 11) is 1.74. The first-order chi connectivity index (χ1) is 14.7. The Morgan fingerprint density at radius 2 is 1.94 bits per heavy atom. The Hall–Kier alpha value is -2.53. The van der Waals surface area contributed by atoms with E-state index in [0.29, 0.717) is 26.8 Å². The fourth-order valence-corrected chi connectivity index (χ4v) is 3.63. The zero-order valence-corrected chi connectivity index (χ0v) is 18.9. The van der Waals surface area contributed by atoms with E-state index in [0.717, 1.165) is 11.8 Å². The van der Waals surface area contributed by atoms with Crippen LogP contribution >= 0.6 is 46.6 Å². The van der Waals surface area contributed by atoms with E-state index in [1.807, 2.05) is 0 Å². The van der Waals surface area contributed by atoms with Crippen LogP contribution in [0.15, 0.2) is 41.6 Å². The van der Waals surface area contributed by atoms with E-state index >= 15 is 0 Å². The number of amides is 1. The van der Waals surface area contributed by atoms with Crippen LogP contribution < -0.4 is 10.1 Å². The lowest BCUT2D eigenvalue weighted by Crippen LogP contribution is -2.14. The van der Waals surface area contributed by atoms with Crippen molar-refractivity contribution in [2.24, 2.45) is 7.05 Å². The number of nitrogens with one attached hydrogen (secondary N) is 1. The highest BCUT2D eigenvalue weighted by Crippen LogP contribution is 2.29. The molecule has 0 bridgehead atoms. The number of hydrogen-bond donors (Lipinski definition) is 1. The van der Waals surface area contributed by atoms with Gasteiger partial charge in [-0.3, -0.25) is 14.9 Å². The van der Waals surface area contributed by atoms with Crippen molar-refractivity contribution in [1.29, 1.82) is 0 Å². The zero-order chi connectivity index (χ0) is 22.5. The number of rotatable bonds is 8. The van der Waals surface area contributed by atoms with Crippen molar-refractivity contribution in [1.82, 2.24) is 14.8 Å². The number of ether oxygens (including phenoxy) is 1. The fourth-order valence-electron chi connectivity index (χ4n) is 2.38. The van der Waals surface area contributed by atoms with Crippen molar-refractivity contribution in [2.45, 2.75) is 11.8 Å². The molecule has 0 unspecified atom stereocenters. The van der Waals surface area contributed by atoms with Gasteiger partial charge in [0.1, 0.15) is 17.4 Å². The summed E-state index contributed by atoms with van der Waals surface area (Å²) in [6.07, 6.45) is 0. The molecule has 0 saturated heterocycles. The smallest absolute Gasteiger partial charge is 0.289 e. The lowest BCUT2D eigenvalue weighted by molar-refractivity contribution is -0.384. The summed E-state index contributed by atoms with van der Waals surface area (Å²) in [4.78, 5) is 22.5. The van der Waals surface area contributed by atoms with Gasteiger partial charge in [0, 0.05) is 29.9 Å². The quantitative estimate of drug-likeness (QED) is 0.262. The van der Waals surface area contributed by atoms with Gasteiger partial charge < -0.3 is 14.6 Å². The zero-order valence-electron chi connectivity index (χ0n) is 15.8. The number of aromatic nitrogens is 3. The van der Waals surface area contributed by atoms with Crippen LogP contribution in [0.25, 0.3) is 0 Å². The van der Waals surface area contributed by atoms with Crippen molar-refractivity contribution >= 4 is 63.8 Å². The second kappa shape index (κ2) is 10.2. The largest absolute Gasteiger partial charge is 0.484 e. The minimum Gasteiger partial charge on any atom is -0.484 e. The summed E-state index contributed by atoms with van der Waals surface area (Å²) in [6.45, 7) is 0.102. The molecule has 0 spiro atoms. The molecule has 1 heterocycles. The van der Waals surface area contributed by atoms with E-state index in [1.54, 1.807) is 29.8 Å². The van der Waals surface area contributed by atoms with Crippen LogP contribution in [-0.4, -0.2) is 31.3 Å². The van der Waals surface area contributed by atoms with E-state index in [2.05, 4.69) is 15.5 Å². The van der Waals surface area contributed by atoms with Crippen LogP contribution in [0.5, 0.6) is 5.75 Å². The van der Waals surface area contributed by atoms with E-state index in [4.69, 9.17) is 39.5 Å². The Labute approximate surface area is 195 Å². The Balaban J connectivity index is 1.57. The molecule has 3 rings (SSSR count). The minimum absolute atomic E-state index is 0.00901. The average molecular weight is 503 g/mol. The highest BCUT2D eigenvalue weighted by Gasteiger charge is 2.16. The lowest BCUT2D eigenvalue weighted by Gasteiger charge is -2.08. The van der Waals surface area contributed by atoms with Crippen LogP contribution in [0.1, 0.15) is 5.82 Å². The maximum Gasteiger partial charge on any atom is 0.289 e. The van der Waals surface area contributed by atoms with E-state index < -0.39 is 4.92 Å². The molecule has 0 radical (unpaired) electrons. The lowest BCUT2D eigenvalue weighted by atomic mass is 10.3. The summed E-state index contributed by atoms with van der Waals surface area (Å²) in [5, 5.41) is 23.0. The summed E-state index contributed by atoms with van der Waals surface area (Å²) in [5.41, 5.74) is -0.0166. The van der Waals surface area contributed by atoms with Crippen molar-refractivity contribution in [3.05, 3.63) is 67.4 Å². The monoisotopic (exact) mass is 501 g/mol. The molecule has 31 heavy (non-hydrogen) atoms. The van der Waals surface area contributed by atoms with Gasteiger partial charge >= 0.3 is 0 Å². The Bertz CT molecular complexity index is 1140. The van der Waals surface area contributed by atoms with Gasteiger partial charge in [0.15, 0.2) is 11.0 Å². The molecule has 0 aliphatic carbocycles. The number of nitro benzene ring substituents is 1. The number of nitro groups is 1. The first-order valence-corrected chi connectivity index (χ1v) is 10.7. The van der Waals surface area contributed by atoms with Crippen molar-refractivity contribution in [2.75, 3.05) is 11.1 Å². The molecule has 0 fully saturated rings. The molecular weight excluding hydrogens is 489 g/mol. The Kier molecular flexibility index (Phi) is 7.60. The number of hydrogen-bond acceptors (Lipinski definition) is 7. The molecule has 3 aromatic rings. The summed E-state index contributed by atoms with van der Waals surface area (Å²) in [6, 6.07) is 8.91. The molecule has 0 atom stereocenters. The molecular formula is C18H14Cl3N5O4S. The SMILES string of the molecule is Cn1c(COc2cc(Cl)ccc2Cl)nnc1SCC(=O)Nc1ccc(Cl)c([N+](=O)[O-])c1. The molecule has 0 aliphatic rings. The maximum atomic E-state index is 12.2. The summed E-state index contributed by atoms with van der Waals surface area (Å²) >= 11 is 18.9. The predicted molar refractivity (Wildman–Crippen MR) is 119 cm³/mol. The molecule has 1 aromatic heterocycles. The van der Waals surface area contributed by atoms with Crippen LogP contribution in [0, 0.1) is 10.1 Å². The van der Waals surface area contributed by atoms with Gasteiger partial charge in [-0.2, -0.15) is 0 Å². The third kappa shape index (κ3) is 6.01. The Morgan fingerprint density at radius 3 is 2.68 bits per heavy atom. The molecule has 0 aliphatic heterocycles. The molecule has 13 heteroatoms. The number of nitrogens with zero attached hydrogens (tertiary/aromatic N) is 4. The number of thioether (sulfide) groups is 1. The van der Waals surface area contributed by atoms with Gasteiger partial charge in [0.25, 0.3) is 5.69 Å². The molecule has 9 nitrogen and oxygen atoms in total. The van der Waals surface area contributed by atoms with E-state index in [-0.39, 0.29) is 34.7 Å². The normalized spacial score (nSPS) is 10.7. The average Bonchev–Trinajstić information content (AvgIpc) is 3.08. The standard InChI is InChI=1S/C18H14Cl3N5O4S/c1-25-16(8-30-15-6-10(19)2-4-13(15)21)23-24-18(25)31-9-17(27)22-11-3-5-12(20)14(7-11)26(28)29/h2-7H,8-9H2,1H3,(H,22,27). The highest BCUT2D eigenvalue weighted by atomic mass is 35.5. The first-order valence-electron chi connectivity index (χ1n) is 8.57. The second-order valence-electron chi connectivity index (χ2n) is 6.08. The minimum atomic E-state index is -0.619. The van der Waals surface area contributed by atoms with Crippen LogP contribution in [-0.2, 0) is 18.4 Å². The van der Waals surface area contributed by atoms with Gasteiger partial charge in [0.05, 0.1) is 15.7 Å². The summed E-state index contributed by atoms with van der Waals surface area (Å²) in [5.74, 6) is 0.590. The van der Waals surface area contributed by atoms with Gasteiger partial charge in [-0.1, -0.05) is 46.6 Å². The van der Waals surface area contributed by atoms with Crippen LogP contribution in [0.4, 0.5) is 11.4 Å².